The number of benzene rings is 2. The predicted octanol–water partition coefficient (Wildman–Crippen LogP) is 3.91. The van der Waals surface area contributed by atoms with Crippen LogP contribution in [0.3, 0.4) is 0 Å². The number of carbonyl (C=O) groups is 1. The van der Waals surface area contributed by atoms with E-state index in [9.17, 15) is 9.90 Å². The quantitative estimate of drug-likeness (QED) is 0.513. The summed E-state index contributed by atoms with van der Waals surface area (Å²) in [5.41, 5.74) is 1.05. The van der Waals surface area contributed by atoms with Gasteiger partial charge in [-0.05, 0) is 25.5 Å². The lowest BCUT2D eigenvalue weighted by molar-refractivity contribution is 0.0718. The highest BCUT2D eigenvalue weighted by Crippen LogP contribution is 2.58. The fourth-order valence-electron chi connectivity index (χ4n) is 3.42. The number of fused-ring (bicyclic) bond motifs is 3. The molecule has 2 aliphatic heterocycles. The highest BCUT2D eigenvalue weighted by Gasteiger charge is 2.58. The van der Waals surface area contributed by atoms with Crippen LogP contribution in [0.1, 0.15) is 41.4 Å². The van der Waals surface area contributed by atoms with Gasteiger partial charge in [-0.2, -0.15) is 0 Å². The highest BCUT2D eigenvalue weighted by atomic mass is 16.6. The smallest absolute Gasteiger partial charge is 0.193 e. The van der Waals surface area contributed by atoms with E-state index in [4.69, 9.17) is 14.2 Å². The Bertz CT molecular complexity index is 898. The third-order valence-corrected chi connectivity index (χ3v) is 4.79. The molecule has 0 bridgehead atoms. The zero-order valence-electron chi connectivity index (χ0n) is 14.9. The van der Waals surface area contributed by atoms with Gasteiger partial charge in [0.2, 0.25) is 0 Å². The first-order valence-corrected chi connectivity index (χ1v) is 8.48. The molecule has 0 unspecified atom stereocenters. The maximum Gasteiger partial charge on any atom is 0.193 e. The Hall–Kier alpha value is -2.79. The summed E-state index contributed by atoms with van der Waals surface area (Å²) in [7, 11) is 1.46. The van der Waals surface area contributed by atoms with Crippen LogP contribution in [-0.2, 0) is 4.74 Å². The molecule has 0 amide bonds. The number of carbonyl (C=O) groups excluding carboxylic acids is 1. The van der Waals surface area contributed by atoms with E-state index in [1.807, 2.05) is 44.2 Å². The summed E-state index contributed by atoms with van der Waals surface area (Å²) >= 11 is 0. The molecule has 2 aromatic carbocycles. The van der Waals surface area contributed by atoms with Gasteiger partial charge in [-0.25, -0.2) is 0 Å². The number of epoxide rings is 1. The minimum atomic E-state index is -0.492. The average Bonchev–Trinajstić information content (AvgIpc) is 3.41. The third-order valence-electron chi connectivity index (χ3n) is 4.79. The minimum absolute atomic E-state index is 0.121. The van der Waals surface area contributed by atoms with Gasteiger partial charge in [-0.15, -0.1) is 0 Å². The Morgan fingerprint density at radius 2 is 2.00 bits per heavy atom. The number of hydrogen-bond donors (Lipinski definition) is 1. The fraction of sp³-hybridized carbons (Fsp3) is 0.286. The van der Waals surface area contributed by atoms with Crippen molar-refractivity contribution in [1.82, 2.24) is 0 Å². The largest absolute Gasteiger partial charge is 0.506 e. The molecule has 5 heteroatoms. The molecular weight excluding hydrogens is 332 g/mol. The van der Waals surface area contributed by atoms with Crippen LogP contribution in [-0.4, -0.2) is 29.7 Å². The summed E-state index contributed by atoms with van der Waals surface area (Å²) < 4.78 is 17.0. The van der Waals surface area contributed by atoms with E-state index in [0.717, 1.165) is 5.56 Å². The molecule has 0 saturated carbocycles. The zero-order valence-corrected chi connectivity index (χ0v) is 14.9. The zero-order chi connectivity index (χ0) is 18.5. The summed E-state index contributed by atoms with van der Waals surface area (Å²) in [6.07, 6.45) is 2.75. The number of phenols is 1. The number of hydrogen-bond acceptors (Lipinski definition) is 5. The second kappa shape index (κ2) is 5.88. The van der Waals surface area contributed by atoms with Crippen LogP contribution in [0.5, 0.6) is 17.2 Å². The molecule has 1 saturated heterocycles. The number of ether oxygens (including phenoxy) is 3. The summed E-state index contributed by atoms with van der Waals surface area (Å²) in [5, 5.41) is 10.8. The first-order valence-electron chi connectivity index (χ1n) is 8.48. The molecule has 0 spiro atoms. The van der Waals surface area contributed by atoms with Gasteiger partial charge in [-0.3, -0.25) is 4.79 Å². The SMILES string of the molecule is COc1cc2c(c(O)c1C(=O)/C=C/c1ccccc1)[C@H]1O[C@H]1C(C)(C)O2. The van der Waals surface area contributed by atoms with Gasteiger partial charge in [0.05, 0.1) is 12.7 Å². The molecule has 0 radical (unpaired) electrons. The first kappa shape index (κ1) is 16.7. The van der Waals surface area contributed by atoms with E-state index < -0.39 is 5.60 Å². The fourth-order valence-corrected chi connectivity index (χ4v) is 3.42. The van der Waals surface area contributed by atoms with Gasteiger partial charge in [0, 0.05) is 6.07 Å². The van der Waals surface area contributed by atoms with Crippen LogP contribution in [0, 0.1) is 0 Å². The van der Waals surface area contributed by atoms with Crippen molar-refractivity contribution in [2.45, 2.75) is 31.7 Å². The molecule has 2 atom stereocenters. The van der Waals surface area contributed by atoms with Gasteiger partial charge < -0.3 is 19.3 Å². The van der Waals surface area contributed by atoms with Crippen molar-refractivity contribution >= 4 is 11.9 Å². The molecule has 0 aromatic heterocycles. The second-order valence-corrected chi connectivity index (χ2v) is 7.01. The number of ketones is 1. The molecule has 1 N–H and O–H groups in total. The standard InChI is InChI=1S/C21H20O5/c1-21(2)20-19(25-20)17-15(26-21)11-14(24-3)16(18(17)23)13(22)10-9-12-7-5-4-6-8-12/h4-11,19-20,23H,1-3H3/b10-9+/t19-,20-/m1/s1. The van der Waals surface area contributed by atoms with Crippen molar-refractivity contribution in [2.75, 3.05) is 7.11 Å². The van der Waals surface area contributed by atoms with Crippen molar-refractivity contribution < 1.29 is 24.1 Å². The van der Waals surface area contributed by atoms with Crippen LogP contribution in [0.25, 0.3) is 6.08 Å². The maximum absolute atomic E-state index is 12.7. The normalized spacial score (nSPS) is 22.3. The highest BCUT2D eigenvalue weighted by molar-refractivity contribution is 6.11. The van der Waals surface area contributed by atoms with Crippen molar-refractivity contribution in [3.8, 4) is 17.2 Å². The van der Waals surface area contributed by atoms with E-state index in [-0.39, 0.29) is 35.1 Å². The van der Waals surface area contributed by atoms with Crippen molar-refractivity contribution in [2.24, 2.45) is 0 Å². The Labute approximate surface area is 151 Å². The number of methoxy groups -OCH3 is 1. The summed E-state index contributed by atoms with van der Waals surface area (Å²) in [6.45, 7) is 3.87. The Kier molecular flexibility index (Phi) is 3.77. The monoisotopic (exact) mass is 352 g/mol. The lowest BCUT2D eigenvalue weighted by atomic mass is 9.91. The molecule has 2 aromatic rings. The predicted molar refractivity (Wildman–Crippen MR) is 96.8 cm³/mol. The lowest BCUT2D eigenvalue weighted by Gasteiger charge is -2.30. The number of phenolic OH excluding ortho intramolecular Hbond substituents is 1. The minimum Gasteiger partial charge on any atom is -0.506 e. The van der Waals surface area contributed by atoms with Crippen molar-refractivity contribution in [3.63, 3.8) is 0 Å². The summed E-state index contributed by atoms with van der Waals surface area (Å²) in [6, 6.07) is 11.1. The average molecular weight is 352 g/mol. The Morgan fingerprint density at radius 3 is 2.69 bits per heavy atom. The van der Waals surface area contributed by atoms with Crippen LogP contribution in [0.15, 0.2) is 42.5 Å². The van der Waals surface area contributed by atoms with Crippen LogP contribution < -0.4 is 9.47 Å². The molecule has 0 aliphatic carbocycles. The van der Waals surface area contributed by atoms with Crippen molar-refractivity contribution in [3.05, 3.63) is 59.2 Å². The topological polar surface area (TPSA) is 68.3 Å². The molecule has 2 aliphatic rings. The van der Waals surface area contributed by atoms with Gasteiger partial charge >= 0.3 is 0 Å². The Morgan fingerprint density at radius 1 is 1.27 bits per heavy atom. The number of allylic oxidation sites excluding steroid dienone is 1. The molecule has 5 nitrogen and oxygen atoms in total. The Balaban J connectivity index is 1.74. The van der Waals surface area contributed by atoms with Gasteiger partial charge in [0.1, 0.15) is 40.6 Å². The number of aromatic hydroxyl groups is 1. The van der Waals surface area contributed by atoms with Crippen LogP contribution in [0.4, 0.5) is 0 Å². The molecule has 26 heavy (non-hydrogen) atoms. The first-order chi connectivity index (χ1) is 12.4. The van der Waals surface area contributed by atoms with E-state index in [1.54, 1.807) is 12.1 Å². The molecular formula is C21H20O5. The molecule has 134 valence electrons. The third kappa shape index (κ3) is 2.65. The van der Waals surface area contributed by atoms with Crippen molar-refractivity contribution in [1.29, 1.82) is 0 Å². The van der Waals surface area contributed by atoms with Gasteiger partial charge in [-0.1, -0.05) is 36.4 Å². The lowest BCUT2D eigenvalue weighted by Crippen LogP contribution is -2.37. The second-order valence-electron chi connectivity index (χ2n) is 7.01. The summed E-state index contributed by atoms with van der Waals surface area (Å²) in [4.78, 5) is 12.7. The van der Waals surface area contributed by atoms with Gasteiger partial charge in [0.15, 0.2) is 5.78 Å². The summed E-state index contributed by atoms with van der Waals surface area (Å²) in [5.74, 6) is 0.295. The van der Waals surface area contributed by atoms with E-state index in [0.29, 0.717) is 11.3 Å². The molecule has 1 fully saturated rings. The van der Waals surface area contributed by atoms with E-state index >= 15 is 0 Å². The maximum atomic E-state index is 12.7. The number of rotatable bonds is 4. The van der Waals surface area contributed by atoms with E-state index in [2.05, 4.69) is 0 Å². The van der Waals surface area contributed by atoms with Gasteiger partial charge in [0.25, 0.3) is 0 Å². The van der Waals surface area contributed by atoms with Crippen LogP contribution >= 0.6 is 0 Å². The molecule has 4 rings (SSSR count). The van der Waals surface area contributed by atoms with E-state index in [1.165, 1.54) is 13.2 Å². The molecule has 2 heterocycles. The van der Waals surface area contributed by atoms with Crippen LogP contribution in [0.2, 0.25) is 0 Å².